The van der Waals surface area contributed by atoms with Gasteiger partial charge in [0.1, 0.15) is 6.54 Å². The number of tetrazole rings is 1. The van der Waals surface area contributed by atoms with Gasteiger partial charge in [-0.25, -0.2) is 0 Å². The van der Waals surface area contributed by atoms with E-state index in [4.69, 9.17) is 17.3 Å². The van der Waals surface area contributed by atoms with Crippen LogP contribution in [0.1, 0.15) is 6.42 Å². The summed E-state index contributed by atoms with van der Waals surface area (Å²) in [5.41, 5.74) is 6.45. The summed E-state index contributed by atoms with van der Waals surface area (Å²) in [7, 11) is 0. The molecule has 23 heavy (non-hydrogen) atoms. The topological polar surface area (TPSA) is 89.9 Å². The second-order valence-corrected chi connectivity index (χ2v) is 5.82. The minimum absolute atomic E-state index is 0. The van der Waals surface area contributed by atoms with E-state index in [-0.39, 0.29) is 24.9 Å². The number of likely N-dealkylation sites (tertiary alicyclic amines) is 1. The Kier molecular flexibility index (Phi) is 5.92. The van der Waals surface area contributed by atoms with E-state index in [1.807, 2.05) is 17.0 Å². The van der Waals surface area contributed by atoms with Crippen LogP contribution in [-0.2, 0) is 11.3 Å². The van der Waals surface area contributed by atoms with Crippen molar-refractivity contribution in [3.8, 4) is 11.4 Å². The summed E-state index contributed by atoms with van der Waals surface area (Å²) in [4.78, 5) is 15.3. The van der Waals surface area contributed by atoms with Crippen LogP contribution in [0.15, 0.2) is 24.3 Å². The van der Waals surface area contributed by atoms with Gasteiger partial charge >= 0.3 is 0 Å². The van der Waals surface area contributed by atoms with E-state index >= 15 is 0 Å². The maximum atomic E-state index is 12.2. The van der Waals surface area contributed by atoms with Gasteiger partial charge in [-0.15, -0.1) is 22.6 Å². The van der Waals surface area contributed by atoms with Crippen molar-refractivity contribution in [3.05, 3.63) is 29.3 Å². The van der Waals surface area contributed by atoms with E-state index in [2.05, 4.69) is 15.4 Å². The van der Waals surface area contributed by atoms with Crippen molar-refractivity contribution in [1.29, 1.82) is 0 Å². The molecule has 7 nitrogen and oxygen atoms in total. The quantitative estimate of drug-likeness (QED) is 0.889. The van der Waals surface area contributed by atoms with Crippen LogP contribution in [0.2, 0.25) is 5.02 Å². The molecular weight excluding hydrogens is 339 g/mol. The Hall–Kier alpha value is -1.70. The molecule has 2 aromatic rings. The van der Waals surface area contributed by atoms with Crippen molar-refractivity contribution >= 4 is 29.9 Å². The summed E-state index contributed by atoms with van der Waals surface area (Å²) in [5, 5.41) is 12.8. The molecule has 0 radical (unpaired) electrons. The summed E-state index contributed by atoms with van der Waals surface area (Å²) in [6, 6.07) is 7.16. The Morgan fingerprint density at radius 3 is 2.74 bits per heavy atom. The van der Waals surface area contributed by atoms with Crippen molar-refractivity contribution in [2.24, 2.45) is 11.7 Å². The average Bonchev–Trinajstić information content (AvgIpc) is 3.17. The maximum absolute atomic E-state index is 12.2. The molecule has 0 bridgehead atoms. The highest BCUT2D eigenvalue weighted by Crippen LogP contribution is 2.17. The lowest BCUT2D eigenvalue weighted by Crippen LogP contribution is -2.33. The molecular formula is C14H18Cl2N6O. The summed E-state index contributed by atoms with van der Waals surface area (Å²) in [6.07, 6.45) is 0.961. The Morgan fingerprint density at radius 2 is 2.09 bits per heavy atom. The third-order valence-corrected chi connectivity index (χ3v) is 4.06. The van der Waals surface area contributed by atoms with Crippen LogP contribution >= 0.6 is 24.0 Å². The van der Waals surface area contributed by atoms with Crippen LogP contribution in [0.3, 0.4) is 0 Å². The van der Waals surface area contributed by atoms with Crippen molar-refractivity contribution in [3.63, 3.8) is 0 Å². The second-order valence-electron chi connectivity index (χ2n) is 5.38. The van der Waals surface area contributed by atoms with Crippen molar-refractivity contribution in [2.75, 3.05) is 19.6 Å². The number of rotatable bonds is 4. The fourth-order valence-electron chi connectivity index (χ4n) is 2.50. The molecule has 2 heterocycles. The fraction of sp³-hybridized carbons (Fsp3) is 0.429. The molecule has 1 aliphatic heterocycles. The number of hydrogen-bond acceptors (Lipinski definition) is 5. The minimum atomic E-state index is -0.00370. The van der Waals surface area contributed by atoms with E-state index < -0.39 is 0 Å². The van der Waals surface area contributed by atoms with Crippen LogP contribution in [0.25, 0.3) is 11.4 Å². The number of amides is 1. The number of nitrogens with zero attached hydrogens (tertiary/aromatic N) is 5. The highest BCUT2D eigenvalue weighted by atomic mass is 35.5. The van der Waals surface area contributed by atoms with Crippen LogP contribution in [0.5, 0.6) is 0 Å². The largest absolute Gasteiger partial charge is 0.341 e. The van der Waals surface area contributed by atoms with E-state index in [1.54, 1.807) is 12.1 Å². The molecule has 1 aromatic heterocycles. The van der Waals surface area contributed by atoms with Gasteiger partial charge in [-0.3, -0.25) is 4.79 Å². The van der Waals surface area contributed by atoms with Crippen LogP contribution < -0.4 is 5.73 Å². The minimum Gasteiger partial charge on any atom is -0.341 e. The Balaban J connectivity index is 0.00000192. The number of hydrogen-bond donors (Lipinski definition) is 1. The number of carbonyl (C=O) groups excluding carboxylic acids is 1. The predicted octanol–water partition coefficient (Wildman–Crippen LogP) is 1.22. The molecule has 1 saturated heterocycles. The maximum Gasteiger partial charge on any atom is 0.246 e. The first-order valence-corrected chi connectivity index (χ1v) is 7.55. The Bertz CT molecular complexity index is 660. The molecule has 9 heteroatoms. The molecule has 0 saturated carbocycles. The molecule has 2 N–H and O–H groups in total. The zero-order valence-electron chi connectivity index (χ0n) is 12.4. The molecule has 124 valence electrons. The average molecular weight is 357 g/mol. The van der Waals surface area contributed by atoms with E-state index in [0.717, 1.165) is 18.5 Å². The lowest BCUT2D eigenvalue weighted by atomic mass is 10.1. The van der Waals surface area contributed by atoms with Gasteiger partial charge in [0.2, 0.25) is 11.7 Å². The predicted molar refractivity (Wildman–Crippen MR) is 89.3 cm³/mol. The molecule has 1 unspecified atom stereocenters. The standard InChI is InChI=1S/C14H17ClN6O.ClH/c15-12-3-1-11(2-4-12)14-17-19-21(18-14)9-13(22)20-6-5-10(7-16)8-20;/h1-4,10H,5-9,16H2;1H. The van der Waals surface area contributed by atoms with Gasteiger partial charge in [0.05, 0.1) is 0 Å². The SMILES string of the molecule is Cl.NCC1CCN(C(=O)Cn2nnc(-c3ccc(Cl)cc3)n2)C1. The lowest BCUT2D eigenvalue weighted by molar-refractivity contribution is -0.131. The number of aromatic nitrogens is 4. The second kappa shape index (κ2) is 7.72. The summed E-state index contributed by atoms with van der Waals surface area (Å²) >= 11 is 5.85. The number of benzene rings is 1. The first kappa shape index (κ1) is 17.7. The lowest BCUT2D eigenvalue weighted by Gasteiger charge is -2.15. The zero-order valence-corrected chi connectivity index (χ0v) is 14.0. The van der Waals surface area contributed by atoms with Gasteiger partial charge in [0.25, 0.3) is 0 Å². The molecule has 1 atom stereocenters. The van der Waals surface area contributed by atoms with Gasteiger partial charge < -0.3 is 10.6 Å². The first-order chi connectivity index (χ1) is 10.7. The van der Waals surface area contributed by atoms with E-state index in [0.29, 0.717) is 29.9 Å². The molecule has 0 aliphatic carbocycles. The van der Waals surface area contributed by atoms with Gasteiger partial charge in [-0.05, 0) is 48.4 Å². The highest BCUT2D eigenvalue weighted by Gasteiger charge is 2.25. The molecule has 1 aliphatic rings. The van der Waals surface area contributed by atoms with Crippen molar-refractivity contribution in [1.82, 2.24) is 25.1 Å². The number of carbonyl (C=O) groups is 1. The molecule has 3 rings (SSSR count). The summed E-state index contributed by atoms with van der Waals surface area (Å²) < 4.78 is 0. The Morgan fingerprint density at radius 1 is 1.35 bits per heavy atom. The van der Waals surface area contributed by atoms with Crippen LogP contribution in [-0.4, -0.2) is 50.6 Å². The molecule has 1 fully saturated rings. The molecule has 1 aromatic carbocycles. The van der Waals surface area contributed by atoms with Crippen LogP contribution in [0.4, 0.5) is 0 Å². The van der Waals surface area contributed by atoms with Crippen molar-refractivity contribution < 1.29 is 4.79 Å². The van der Waals surface area contributed by atoms with E-state index in [1.165, 1.54) is 4.80 Å². The fourth-order valence-corrected chi connectivity index (χ4v) is 2.62. The summed E-state index contributed by atoms with van der Waals surface area (Å²) in [5.74, 6) is 0.874. The van der Waals surface area contributed by atoms with Gasteiger partial charge in [0, 0.05) is 23.7 Å². The van der Waals surface area contributed by atoms with Gasteiger partial charge in [-0.2, -0.15) is 4.80 Å². The van der Waals surface area contributed by atoms with Crippen LogP contribution in [0, 0.1) is 5.92 Å². The van der Waals surface area contributed by atoms with E-state index in [9.17, 15) is 4.79 Å². The monoisotopic (exact) mass is 356 g/mol. The van der Waals surface area contributed by atoms with Gasteiger partial charge in [-0.1, -0.05) is 11.6 Å². The smallest absolute Gasteiger partial charge is 0.246 e. The number of nitrogens with two attached hydrogens (primary N) is 1. The van der Waals surface area contributed by atoms with Gasteiger partial charge in [0.15, 0.2) is 0 Å². The Labute approximate surface area is 145 Å². The molecule has 1 amide bonds. The zero-order chi connectivity index (χ0) is 15.5. The first-order valence-electron chi connectivity index (χ1n) is 7.17. The summed E-state index contributed by atoms with van der Waals surface area (Å²) in [6.45, 7) is 2.18. The normalized spacial score (nSPS) is 17.1. The third kappa shape index (κ3) is 4.19. The third-order valence-electron chi connectivity index (χ3n) is 3.80. The molecule has 0 spiro atoms. The number of halogens is 2. The van der Waals surface area contributed by atoms with Crippen molar-refractivity contribution in [2.45, 2.75) is 13.0 Å². The highest BCUT2D eigenvalue weighted by molar-refractivity contribution is 6.30.